The summed E-state index contributed by atoms with van der Waals surface area (Å²) in [5, 5.41) is 9.35. The SMILES string of the molecule is CCCCCCC(=O)OCN1CCC2(CC1)C(=O)N(Cc1cccc(C(=O)O)c1)CN2c1ccccc1. The number of nitrogens with zero attached hydrogens (tertiary/aromatic N) is 3. The Morgan fingerprint density at radius 1 is 1.00 bits per heavy atom. The molecule has 0 aromatic heterocycles. The van der Waals surface area contributed by atoms with Crippen molar-refractivity contribution in [3.05, 3.63) is 65.7 Å². The molecule has 0 bridgehead atoms. The van der Waals surface area contributed by atoms with E-state index in [0.29, 0.717) is 45.6 Å². The second-order valence-electron chi connectivity index (χ2n) is 10.0. The molecule has 198 valence electrons. The lowest BCUT2D eigenvalue weighted by Gasteiger charge is -2.43. The number of hydrogen-bond acceptors (Lipinski definition) is 6. The van der Waals surface area contributed by atoms with E-state index in [2.05, 4.69) is 16.7 Å². The number of esters is 1. The fourth-order valence-electron chi connectivity index (χ4n) is 5.33. The largest absolute Gasteiger partial charge is 0.478 e. The number of anilines is 1. The third-order valence-corrected chi connectivity index (χ3v) is 7.46. The summed E-state index contributed by atoms with van der Waals surface area (Å²) < 4.78 is 5.51. The van der Waals surface area contributed by atoms with Crippen LogP contribution in [0.25, 0.3) is 0 Å². The maximum absolute atomic E-state index is 13.9. The lowest BCUT2D eigenvalue weighted by molar-refractivity contribution is -0.150. The molecule has 0 aliphatic carbocycles. The van der Waals surface area contributed by atoms with Gasteiger partial charge >= 0.3 is 11.9 Å². The van der Waals surface area contributed by atoms with Crippen LogP contribution in [0, 0.1) is 0 Å². The van der Waals surface area contributed by atoms with Crippen LogP contribution in [0.3, 0.4) is 0 Å². The van der Waals surface area contributed by atoms with Crippen LogP contribution in [0.4, 0.5) is 5.69 Å². The number of aromatic carboxylic acids is 1. The van der Waals surface area contributed by atoms with E-state index in [1.54, 1.807) is 18.2 Å². The van der Waals surface area contributed by atoms with E-state index in [1.165, 1.54) is 0 Å². The van der Waals surface area contributed by atoms with Crippen LogP contribution in [0.2, 0.25) is 0 Å². The summed E-state index contributed by atoms with van der Waals surface area (Å²) in [4.78, 5) is 43.5. The monoisotopic (exact) mass is 507 g/mol. The molecule has 2 aromatic carbocycles. The lowest BCUT2D eigenvalue weighted by atomic mass is 9.85. The van der Waals surface area contributed by atoms with Gasteiger partial charge in [0.2, 0.25) is 5.91 Å². The van der Waals surface area contributed by atoms with Gasteiger partial charge in [-0.1, -0.05) is 56.5 Å². The Hall–Kier alpha value is -3.39. The Kier molecular flexibility index (Phi) is 8.82. The summed E-state index contributed by atoms with van der Waals surface area (Å²) in [6.07, 6.45) is 5.88. The van der Waals surface area contributed by atoms with E-state index in [9.17, 15) is 19.5 Å². The fraction of sp³-hybridized carbons (Fsp3) is 0.483. The summed E-state index contributed by atoms with van der Waals surface area (Å²) in [5.74, 6) is -1.08. The van der Waals surface area contributed by atoms with Gasteiger partial charge in [0.15, 0.2) is 0 Å². The van der Waals surface area contributed by atoms with Gasteiger partial charge in [-0.25, -0.2) is 4.79 Å². The summed E-state index contributed by atoms with van der Waals surface area (Å²) in [6, 6.07) is 16.7. The molecule has 8 nitrogen and oxygen atoms in total. The van der Waals surface area contributed by atoms with E-state index in [-0.39, 0.29) is 24.2 Å². The van der Waals surface area contributed by atoms with Crippen molar-refractivity contribution in [2.24, 2.45) is 0 Å². The number of carboxylic acids is 1. The van der Waals surface area contributed by atoms with Crippen LogP contribution in [-0.4, -0.2) is 64.8 Å². The van der Waals surface area contributed by atoms with E-state index in [4.69, 9.17) is 4.74 Å². The molecule has 2 fully saturated rings. The average molecular weight is 508 g/mol. The molecule has 0 unspecified atom stereocenters. The average Bonchev–Trinajstić information content (AvgIpc) is 3.17. The molecular weight excluding hydrogens is 470 g/mol. The summed E-state index contributed by atoms with van der Waals surface area (Å²) in [5.41, 5.74) is 1.32. The maximum atomic E-state index is 13.9. The number of likely N-dealkylation sites (tertiary alicyclic amines) is 1. The van der Waals surface area contributed by atoms with Crippen molar-refractivity contribution in [3.63, 3.8) is 0 Å². The van der Waals surface area contributed by atoms with Crippen molar-refractivity contribution in [2.45, 2.75) is 64.0 Å². The van der Waals surface area contributed by atoms with Gasteiger partial charge in [-0.2, -0.15) is 0 Å². The Morgan fingerprint density at radius 3 is 2.46 bits per heavy atom. The fourth-order valence-corrected chi connectivity index (χ4v) is 5.33. The quantitative estimate of drug-likeness (QED) is 0.354. The van der Waals surface area contributed by atoms with Crippen molar-refractivity contribution >= 4 is 23.5 Å². The van der Waals surface area contributed by atoms with Gasteiger partial charge in [-0.3, -0.25) is 14.5 Å². The molecule has 2 saturated heterocycles. The zero-order valence-corrected chi connectivity index (χ0v) is 21.6. The number of piperidine rings is 1. The number of rotatable bonds is 11. The van der Waals surface area contributed by atoms with E-state index >= 15 is 0 Å². The minimum Gasteiger partial charge on any atom is -0.478 e. The molecule has 0 saturated carbocycles. The molecule has 8 heteroatoms. The summed E-state index contributed by atoms with van der Waals surface area (Å²) >= 11 is 0. The van der Waals surface area contributed by atoms with Gasteiger partial charge in [0.05, 0.1) is 12.2 Å². The number of benzene rings is 2. The maximum Gasteiger partial charge on any atom is 0.335 e. The molecule has 1 amide bonds. The molecule has 2 aliphatic heterocycles. The normalized spacial score (nSPS) is 17.4. The van der Waals surface area contributed by atoms with Crippen LogP contribution in [0.5, 0.6) is 0 Å². The summed E-state index contributed by atoms with van der Waals surface area (Å²) in [6.45, 7) is 4.50. The predicted molar refractivity (Wildman–Crippen MR) is 141 cm³/mol. The highest BCUT2D eigenvalue weighted by Crippen LogP contribution is 2.40. The number of hydrogen-bond donors (Lipinski definition) is 1. The first-order valence-electron chi connectivity index (χ1n) is 13.3. The molecule has 0 radical (unpaired) electrons. The highest BCUT2D eigenvalue weighted by molar-refractivity contribution is 5.93. The second kappa shape index (κ2) is 12.2. The van der Waals surface area contributed by atoms with Gasteiger partial charge < -0.3 is 19.6 Å². The molecule has 1 N–H and O–H groups in total. The first-order valence-corrected chi connectivity index (χ1v) is 13.3. The Morgan fingerprint density at radius 2 is 1.76 bits per heavy atom. The highest BCUT2D eigenvalue weighted by Gasteiger charge is 2.53. The minimum atomic E-state index is -0.981. The third kappa shape index (κ3) is 6.31. The van der Waals surface area contributed by atoms with Crippen molar-refractivity contribution in [1.82, 2.24) is 9.80 Å². The van der Waals surface area contributed by atoms with Gasteiger partial charge in [0.25, 0.3) is 0 Å². The van der Waals surface area contributed by atoms with Gasteiger partial charge in [0, 0.05) is 31.7 Å². The Labute approximate surface area is 218 Å². The zero-order valence-electron chi connectivity index (χ0n) is 21.6. The first kappa shape index (κ1) is 26.7. The van der Waals surface area contributed by atoms with Gasteiger partial charge in [-0.15, -0.1) is 0 Å². The number of carboxylic acid groups (broad SMARTS) is 1. The minimum absolute atomic E-state index is 0.0599. The van der Waals surface area contributed by atoms with E-state index < -0.39 is 11.5 Å². The molecule has 2 aromatic rings. The molecular formula is C29H37N3O5. The standard InChI is InChI=1S/C29H37N3O5/c1-2-3-4-8-14-26(33)37-22-30-17-15-29(16-18-30)28(36)31(21-32(29)25-12-6-5-7-13-25)20-23-10-9-11-24(19-23)27(34)35/h5-7,9-13,19H,2-4,8,14-18,20-22H2,1H3,(H,34,35). The number of para-hydroxylation sites is 1. The van der Waals surface area contributed by atoms with Crippen LogP contribution in [0.15, 0.2) is 54.6 Å². The predicted octanol–water partition coefficient (Wildman–Crippen LogP) is 4.50. The number of amides is 1. The lowest BCUT2D eigenvalue weighted by Crippen LogP contribution is -2.56. The van der Waals surface area contributed by atoms with Crippen LogP contribution in [0.1, 0.15) is 67.8 Å². The van der Waals surface area contributed by atoms with Crippen LogP contribution in [-0.2, 0) is 20.9 Å². The van der Waals surface area contributed by atoms with Crippen LogP contribution < -0.4 is 4.90 Å². The number of carbonyl (C=O) groups excluding carboxylic acids is 2. The van der Waals surface area contributed by atoms with Crippen molar-refractivity contribution in [3.8, 4) is 0 Å². The van der Waals surface area contributed by atoms with Gasteiger partial charge in [-0.05, 0) is 49.1 Å². The molecule has 4 rings (SSSR count). The van der Waals surface area contributed by atoms with Crippen molar-refractivity contribution in [1.29, 1.82) is 0 Å². The molecule has 0 atom stereocenters. The number of ether oxygens (including phenoxy) is 1. The molecule has 2 heterocycles. The highest BCUT2D eigenvalue weighted by atomic mass is 16.5. The smallest absolute Gasteiger partial charge is 0.335 e. The van der Waals surface area contributed by atoms with Crippen LogP contribution >= 0.6 is 0 Å². The van der Waals surface area contributed by atoms with E-state index in [1.807, 2.05) is 41.3 Å². The topological polar surface area (TPSA) is 90.4 Å². The van der Waals surface area contributed by atoms with Crippen molar-refractivity contribution in [2.75, 3.05) is 31.4 Å². The van der Waals surface area contributed by atoms with Gasteiger partial charge in [0.1, 0.15) is 12.3 Å². The number of carbonyl (C=O) groups is 3. The van der Waals surface area contributed by atoms with Crippen molar-refractivity contribution < 1.29 is 24.2 Å². The molecule has 1 spiro atoms. The summed E-state index contributed by atoms with van der Waals surface area (Å²) in [7, 11) is 0. The Bertz CT molecular complexity index is 1080. The zero-order chi connectivity index (χ0) is 26.3. The second-order valence-corrected chi connectivity index (χ2v) is 10.0. The molecule has 37 heavy (non-hydrogen) atoms. The number of unbranched alkanes of at least 4 members (excludes halogenated alkanes) is 3. The molecule has 2 aliphatic rings. The first-order chi connectivity index (χ1) is 17.9. The Balaban J connectivity index is 1.42. The third-order valence-electron chi connectivity index (χ3n) is 7.46. The van der Waals surface area contributed by atoms with E-state index in [0.717, 1.165) is 36.9 Å².